The highest BCUT2D eigenvalue weighted by Gasteiger charge is 2.13. The lowest BCUT2D eigenvalue weighted by Gasteiger charge is -2.08. The Balaban J connectivity index is 1.69. The summed E-state index contributed by atoms with van der Waals surface area (Å²) in [5, 5.41) is 17.7. The van der Waals surface area contributed by atoms with E-state index in [1.54, 1.807) is 23.0 Å². The Hall–Kier alpha value is -4.12. The number of pyridine rings is 1. The molecule has 1 aromatic carbocycles. The van der Waals surface area contributed by atoms with Crippen LogP contribution in [0.2, 0.25) is 0 Å². The van der Waals surface area contributed by atoms with Crippen LogP contribution in [0.5, 0.6) is 0 Å². The molecule has 29 heavy (non-hydrogen) atoms. The fraction of sp³-hybridized carbons (Fsp3) is 0.143. The van der Waals surface area contributed by atoms with E-state index in [9.17, 15) is 5.26 Å². The summed E-state index contributed by atoms with van der Waals surface area (Å²) >= 11 is 0. The zero-order chi connectivity index (χ0) is 20.4. The second-order valence-electron chi connectivity index (χ2n) is 6.66. The van der Waals surface area contributed by atoms with Crippen molar-refractivity contribution >= 4 is 5.95 Å². The maximum absolute atomic E-state index is 9.28. The average Bonchev–Trinajstić information content (AvgIpc) is 3.16. The van der Waals surface area contributed by atoms with Crippen LogP contribution in [-0.2, 0) is 6.54 Å². The first kappa shape index (κ1) is 18.3. The molecular weight excluding hydrogens is 364 g/mol. The Labute approximate surface area is 167 Å². The SMILES string of the molecule is Cc1cccc(Cn2cc(-c3cc(-c4cccc(C#N)c4C)nc(N)n3)nn2)n1. The van der Waals surface area contributed by atoms with E-state index in [0.717, 1.165) is 22.5 Å². The fourth-order valence-electron chi connectivity index (χ4n) is 3.12. The van der Waals surface area contributed by atoms with Crippen LogP contribution < -0.4 is 5.73 Å². The molecule has 3 heterocycles. The minimum Gasteiger partial charge on any atom is -0.368 e. The highest BCUT2D eigenvalue weighted by Crippen LogP contribution is 2.27. The van der Waals surface area contributed by atoms with Gasteiger partial charge in [-0.2, -0.15) is 5.26 Å². The third-order valence-corrected chi connectivity index (χ3v) is 4.54. The Morgan fingerprint density at radius 3 is 2.59 bits per heavy atom. The molecule has 4 aromatic rings. The molecule has 8 heteroatoms. The number of hydrogen-bond donors (Lipinski definition) is 1. The van der Waals surface area contributed by atoms with E-state index in [0.29, 0.717) is 29.2 Å². The van der Waals surface area contributed by atoms with Crippen LogP contribution in [0.3, 0.4) is 0 Å². The van der Waals surface area contributed by atoms with Gasteiger partial charge in [-0.15, -0.1) is 5.10 Å². The summed E-state index contributed by atoms with van der Waals surface area (Å²) in [7, 11) is 0. The molecule has 0 saturated carbocycles. The first-order chi connectivity index (χ1) is 14.0. The quantitative estimate of drug-likeness (QED) is 0.576. The number of nitrogens with two attached hydrogens (primary N) is 1. The van der Waals surface area contributed by atoms with E-state index in [2.05, 4.69) is 31.3 Å². The Morgan fingerprint density at radius 1 is 1.00 bits per heavy atom. The molecule has 8 nitrogen and oxygen atoms in total. The van der Waals surface area contributed by atoms with Gasteiger partial charge in [-0.25, -0.2) is 14.6 Å². The molecule has 0 spiro atoms. The molecule has 0 bridgehead atoms. The van der Waals surface area contributed by atoms with Gasteiger partial charge < -0.3 is 5.73 Å². The highest BCUT2D eigenvalue weighted by molar-refractivity contribution is 5.71. The topological polar surface area (TPSA) is 119 Å². The van der Waals surface area contributed by atoms with Gasteiger partial charge in [-0.3, -0.25) is 4.98 Å². The summed E-state index contributed by atoms with van der Waals surface area (Å²) in [6.07, 6.45) is 1.80. The molecule has 2 N–H and O–H groups in total. The lowest BCUT2D eigenvalue weighted by atomic mass is 10.00. The standard InChI is InChI=1S/C21H18N8/c1-13-5-3-7-16(24-13)11-29-12-20(27-28-29)19-9-18(25-21(23)26-19)17-8-4-6-15(10-22)14(17)2/h3-9,12H,11H2,1-2H3,(H2,23,25,26). The van der Waals surface area contributed by atoms with E-state index >= 15 is 0 Å². The van der Waals surface area contributed by atoms with E-state index in [1.807, 2.05) is 44.2 Å². The van der Waals surface area contributed by atoms with Crippen LogP contribution in [0.4, 0.5) is 5.95 Å². The van der Waals surface area contributed by atoms with Crippen molar-refractivity contribution in [2.75, 3.05) is 5.73 Å². The van der Waals surface area contributed by atoms with Gasteiger partial charge in [0.1, 0.15) is 5.69 Å². The lowest BCUT2D eigenvalue weighted by Crippen LogP contribution is -2.03. The van der Waals surface area contributed by atoms with Crippen LogP contribution in [0.15, 0.2) is 48.7 Å². The zero-order valence-corrected chi connectivity index (χ0v) is 16.0. The predicted octanol–water partition coefficient (Wildman–Crippen LogP) is 2.92. The van der Waals surface area contributed by atoms with Crippen LogP contribution >= 0.6 is 0 Å². The molecule has 0 aliphatic heterocycles. The van der Waals surface area contributed by atoms with Crippen molar-refractivity contribution in [3.05, 3.63) is 71.2 Å². The summed E-state index contributed by atoms with van der Waals surface area (Å²) in [4.78, 5) is 13.1. The molecule has 0 fully saturated rings. The van der Waals surface area contributed by atoms with Crippen molar-refractivity contribution in [2.24, 2.45) is 0 Å². The molecule has 3 aromatic heterocycles. The average molecular weight is 382 g/mol. The van der Waals surface area contributed by atoms with Crippen LogP contribution in [0.1, 0.15) is 22.5 Å². The van der Waals surface area contributed by atoms with Crippen molar-refractivity contribution < 1.29 is 0 Å². The van der Waals surface area contributed by atoms with Crippen LogP contribution in [0, 0.1) is 25.2 Å². The van der Waals surface area contributed by atoms with Gasteiger partial charge in [-0.05, 0) is 43.7 Å². The minimum atomic E-state index is 0.133. The molecule has 0 saturated heterocycles. The minimum absolute atomic E-state index is 0.133. The van der Waals surface area contributed by atoms with Gasteiger partial charge in [0.15, 0.2) is 0 Å². The Bertz CT molecular complexity index is 1240. The van der Waals surface area contributed by atoms with E-state index in [1.165, 1.54) is 0 Å². The number of aromatic nitrogens is 6. The summed E-state index contributed by atoms with van der Waals surface area (Å²) in [5.74, 6) is 0.133. The number of nitriles is 1. The van der Waals surface area contributed by atoms with Gasteiger partial charge in [0.25, 0.3) is 0 Å². The molecule has 0 radical (unpaired) electrons. The first-order valence-electron chi connectivity index (χ1n) is 9.01. The third-order valence-electron chi connectivity index (χ3n) is 4.54. The maximum Gasteiger partial charge on any atom is 0.221 e. The van der Waals surface area contributed by atoms with Crippen molar-refractivity contribution in [3.63, 3.8) is 0 Å². The fourth-order valence-corrected chi connectivity index (χ4v) is 3.12. The second-order valence-corrected chi connectivity index (χ2v) is 6.66. The number of rotatable bonds is 4. The summed E-state index contributed by atoms with van der Waals surface area (Å²) in [6.45, 7) is 4.34. The Kier molecular flexibility index (Phi) is 4.71. The Morgan fingerprint density at radius 2 is 1.79 bits per heavy atom. The van der Waals surface area contributed by atoms with Crippen molar-refractivity contribution in [1.29, 1.82) is 5.26 Å². The van der Waals surface area contributed by atoms with Crippen molar-refractivity contribution in [2.45, 2.75) is 20.4 Å². The monoisotopic (exact) mass is 382 g/mol. The zero-order valence-electron chi connectivity index (χ0n) is 16.0. The second kappa shape index (κ2) is 7.48. The van der Waals surface area contributed by atoms with Gasteiger partial charge in [0.2, 0.25) is 5.95 Å². The number of benzene rings is 1. The highest BCUT2D eigenvalue weighted by atomic mass is 15.4. The molecule has 0 amide bonds. The normalized spacial score (nSPS) is 10.7. The van der Waals surface area contributed by atoms with Crippen LogP contribution in [0.25, 0.3) is 22.6 Å². The number of anilines is 1. The summed E-state index contributed by atoms with van der Waals surface area (Å²) < 4.78 is 1.70. The lowest BCUT2D eigenvalue weighted by molar-refractivity contribution is 0.637. The van der Waals surface area contributed by atoms with Crippen molar-refractivity contribution in [3.8, 4) is 28.7 Å². The molecule has 0 aliphatic rings. The van der Waals surface area contributed by atoms with Gasteiger partial charge in [0.05, 0.1) is 41.5 Å². The van der Waals surface area contributed by atoms with E-state index in [-0.39, 0.29) is 5.95 Å². The number of hydrogen-bond acceptors (Lipinski definition) is 7. The molecular formula is C21H18N8. The maximum atomic E-state index is 9.28. The number of aryl methyl sites for hydroxylation is 1. The smallest absolute Gasteiger partial charge is 0.221 e. The van der Waals surface area contributed by atoms with Gasteiger partial charge in [-0.1, -0.05) is 23.4 Å². The van der Waals surface area contributed by atoms with E-state index in [4.69, 9.17) is 5.73 Å². The van der Waals surface area contributed by atoms with Crippen molar-refractivity contribution in [1.82, 2.24) is 29.9 Å². The first-order valence-corrected chi connectivity index (χ1v) is 9.01. The third kappa shape index (κ3) is 3.80. The predicted molar refractivity (Wildman–Crippen MR) is 108 cm³/mol. The largest absolute Gasteiger partial charge is 0.368 e. The van der Waals surface area contributed by atoms with Gasteiger partial charge >= 0.3 is 0 Å². The molecule has 0 atom stereocenters. The van der Waals surface area contributed by atoms with Crippen LogP contribution in [-0.4, -0.2) is 29.9 Å². The summed E-state index contributed by atoms with van der Waals surface area (Å²) in [5.41, 5.74) is 11.9. The number of nitrogen functional groups attached to an aromatic ring is 1. The number of nitrogens with zero attached hydrogens (tertiary/aromatic N) is 7. The van der Waals surface area contributed by atoms with Gasteiger partial charge in [0, 0.05) is 11.3 Å². The summed E-state index contributed by atoms with van der Waals surface area (Å²) in [6, 6.07) is 15.4. The van der Waals surface area contributed by atoms with E-state index < -0.39 is 0 Å². The molecule has 0 unspecified atom stereocenters. The molecule has 142 valence electrons. The molecule has 0 aliphatic carbocycles. The molecule has 4 rings (SSSR count).